The molecule has 0 bridgehead atoms. The van der Waals surface area contributed by atoms with E-state index in [-0.39, 0.29) is 5.91 Å². The van der Waals surface area contributed by atoms with E-state index in [1.165, 1.54) is 0 Å². The van der Waals surface area contributed by atoms with Crippen LogP contribution in [0.4, 0.5) is 5.69 Å². The Morgan fingerprint density at radius 2 is 2.28 bits per heavy atom. The molecule has 6 nitrogen and oxygen atoms in total. The van der Waals surface area contributed by atoms with E-state index >= 15 is 0 Å². The van der Waals surface area contributed by atoms with Crippen LogP contribution in [-0.4, -0.2) is 20.7 Å². The lowest BCUT2D eigenvalue weighted by Gasteiger charge is -2.07. The molecule has 1 aromatic carbocycles. The molecule has 94 valence electrons. The van der Waals surface area contributed by atoms with Gasteiger partial charge in [0.2, 0.25) is 0 Å². The topological polar surface area (TPSA) is 85.8 Å². The number of nitrogen functional groups attached to an aromatic ring is 1. The van der Waals surface area contributed by atoms with Crippen molar-refractivity contribution < 1.29 is 4.79 Å². The van der Waals surface area contributed by atoms with Crippen LogP contribution in [-0.2, 0) is 13.6 Å². The monoisotopic (exact) mass is 245 g/mol. The van der Waals surface area contributed by atoms with Gasteiger partial charge in [-0.15, -0.1) is 0 Å². The summed E-state index contributed by atoms with van der Waals surface area (Å²) >= 11 is 0. The van der Waals surface area contributed by atoms with E-state index in [0.29, 0.717) is 23.6 Å². The normalized spacial score (nSPS) is 10.3. The molecule has 0 saturated heterocycles. The first-order chi connectivity index (χ1) is 8.58. The fourth-order valence-corrected chi connectivity index (χ4v) is 1.62. The number of nitrogens with two attached hydrogens (primary N) is 1. The van der Waals surface area contributed by atoms with Gasteiger partial charge in [0.25, 0.3) is 5.91 Å². The Morgan fingerprint density at radius 3 is 2.94 bits per heavy atom. The lowest BCUT2D eigenvalue weighted by atomic mass is 10.1. The molecule has 6 heteroatoms. The molecule has 0 spiro atoms. The molecule has 0 aliphatic carbocycles. The number of anilines is 1. The predicted octanol–water partition coefficient (Wildman–Crippen LogP) is 0.636. The summed E-state index contributed by atoms with van der Waals surface area (Å²) in [6, 6.07) is 5.27. The average Bonchev–Trinajstić information content (AvgIpc) is 2.76. The fourth-order valence-electron chi connectivity index (χ4n) is 1.62. The lowest BCUT2D eigenvalue weighted by molar-refractivity contribution is 0.0949. The molecule has 0 unspecified atom stereocenters. The minimum Gasteiger partial charge on any atom is -0.398 e. The Bertz CT molecular complexity index is 576. The van der Waals surface area contributed by atoms with E-state index < -0.39 is 0 Å². The van der Waals surface area contributed by atoms with Gasteiger partial charge in [-0.25, -0.2) is 4.98 Å². The number of hydrogen-bond acceptors (Lipinski definition) is 4. The van der Waals surface area contributed by atoms with Crippen LogP contribution in [0, 0.1) is 6.92 Å². The van der Waals surface area contributed by atoms with Crippen molar-refractivity contribution in [2.75, 3.05) is 5.73 Å². The smallest absolute Gasteiger partial charge is 0.252 e. The second-order valence-corrected chi connectivity index (χ2v) is 4.04. The van der Waals surface area contributed by atoms with Gasteiger partial charge in [0.1, 0.15) is 6.33 Å². The van der Waals surface area contributed by atoms with E-state index in [4.69, 9.17) is 5.73 Å². The standard InChI is InChI=1S/C12H15N5O/c1-8-9(4-3-5-10(8)13)12(18)14-6-11-15-7-17(2)16-11/h3-5,7H,6,13H2,1-2H3,(H,14,18). The van der Waals surface area contributed by atoms with E-state index in [9.17, 15) is 4.79 Å². The second-order valence-electron chi connectivity index (χ2n) is 4.04. The Labute approximate surface area is 105 Å². The Hall–Kier alpha value is -2.37. The molecule has 0 aliphatic rings. The number of nitrogens with zero attached hydrogens (tertiary/aromatic N) is 3. The summed E-state index contributed by atoms with van der Waals surface area (Å²) < 4.78 is 1.59. The van der Waals surface area contributed by atoms with Gasteiger partial charge in [-0.3, -0.25) is 9.48 Å². The number of aryl methyl sites for hydroxylation is 1. The second kappa shape index (κ2) is 4.87. The fraction of sp³-hybridized carbons (Fsp3) is 0.250. The first-order valence-electron chi connectivity index (χ1n) is 5.55. The number of amides is 1. The van der Waals surface area contributed by atoms with Crippen molar-refractivity contribution in [2.45, 2.75) is 13.5 Å². The van der Waals surface area contributed by atoms with E-state index in [2.05, 4.69) is 15.4 Å². The number of benzene rings is 1. The van der Waals surface area contributed by atoms with Gasteiger partial charge in [-0.2, -0.15) is 5.10 Å². The highest BCUT2D eigenvalue weighted by Crippen LogP contribution is 2.15. The maximum atomic E-state index is 12.0. The molecule has 1 aromatic heterocycles. The van der Waals surface area contributed by atoms with Crippen LogP contribution in [0.5, 0.6) is 0 Å². The Kier molecular flexibility index (Phi) is 3.27. The number of nitrogens with one attached hydrogen (secondary N) is 1. The number of carbonyl (C=O) groups excluding carboxylic acids is 1. The van der Waals surface area contributed by atoms with Crippen LogP contribution in [0.25, 0.3) is 0 Å². The van der Waals surface area contributed by atoms with Crippen LogP contribution in [0.2, 0.25) is 0 Å². The maximum Gasteiger partial charge on any atom is 0.252 e. The molecule has 0 radical (unpaired) electrons. The van der Waals surface area contributed by atoms with Gasteiger partial charge in [-0.05, 0) is 24.6 Å². The molecule has 0 saturated carbocycles. The summed E-state index contributed by atoms with van der Waals surface area (Å²) in [5, 5.41) is 6.85. The zero-order chi connectivity index (χ0) is 13.1. The highest BCUT2D eigenvalue weighted by atomic mass is 16.1. The SMILES string of the molecule is Cc1c(N)cccc1C(=O)NCc1ncn(C)n1. The largest absolute Gasteiger partial charge is 0.398 e. The molecular weight excluding hydrogens is 230 g/mol. The molecule has 18 heavy (non-hydrogen) atoms. The first kappa shape index (κ1) is 12.1. The van der Waals surface area contributed by atoms with Crippen molar-refractivity contribution in [1.29, 1.82) is 0 Å². The predicted molar refractivity (Wildman–Crippen MR) is 67.8 cm³/mol. The van der Waals surface area contributed by atoms with Crippen molar-refractivity contribution in [1.82, 2.24) is 20.1 Å². The van der Waals surface area contributed by atoms with Crippen LogP contribution >= 0.6 is 0 Å². The van der Waals surface area contributed by atoms with Gasteiger partial charge >= 0.3 is 0 Å². The van der Waals surface area contributed by atoms with Crippen LogP contribution in [0.3, 0.4) is 0 Å². The summed E-state index contributed by atoms with van der Waals surface area (Å²) in [5.41, 5.74) is 7.73. The molecule has 0 aliphatic heterocycles. The van der Waals surface area contributed by atoms with Gasteiger partial charge in [0.05, 0.1) is 6.54 Å². The first-order valence-corrected chi connectivity index (χ1v) is 5.55. The average molecular weight is 245 g/mol. The number of aromatic nitrogens is 3. The quantitative estimate of drug-likeness (QED) is 0.777. The third-order valence-electron chi connectivity index (χ3n) is 2.67. The van der Waals surface area contributed by atoms with Crippen molar-refractivity contribution >= 4 is 11.6 Å². The Morgan fingerprint density at radius 1 is 1.50 bits per heavy atom. The summed E-state index contributed by atoms with van der Waals surface area (Å²) in [5.74, 6) is 0.402. The highest BCUT2D eigenvalue weighted by Gasteiger charge is 2.10. The third-order valence-corrected chi connectivity index (χ3v) is 2.67. The van der Waals surface area contributed by atoms with Crippen molar-refractivity contribution in [3.63, 3.8) is 0 Å². The van der Waals surface area contributed by atoms with Crippen LogP contribution in [0.15, 0.2) is 24.5 Å². The molecule has 2 aromatic rings. The van der Waals surface area contributed by atoms with Gasteiger partial charge < -0.3 is 11.1 Å². The minimum absolute atomic E-state index is 0.174. The highest BCUT2D eigenvalue weighted by molar-refractivity contribution is 5.96. The van der Waals surface area contributed by atoms with Gasteiger partial charge in [0.15, 0.2) is 5.82 Å². The van der Waals surface area contributed by atoms with Crippen molar-refractivity contribution in [3.8, 4) is 0 Å². The van der Waals surface area contributed by atoms with Crippen molar-refractivity contribution in [3.05, 3.63) is 41.5 Å². The van der Waals surface area contributed by atoms with E-state index in [1.54, 1.807) is 36.3 Å². The molecule has 1 heterocycles. The van der Waals surface area contributed by atoms with Crippen LogP contribution in [0.1, 0.15) is 21.7 Å². The molecule has 3 N–H and O–H groups in total. The molecule has 0 atom stereocenters. The Balaban J connectivity index is 2.06. The molecule has 1 amide bonds. The van der Waals surface area contributed by atoms with E-state index in [0.717, 1.165) is 5.56 Å². The number of hydrogen-bond donors (Lipinski definition) is 2. The third kappa shape index (κ3) is 2.48. The molecular formula is C12H15N5O. The van der Waals surface area contributed by atoms with Crippen LogP contribution < -0.4 is 11.1 Å². The zero-order valence-electron chi connectivity index (χ0n) is 10.3. The molecule has 0 fully saturated rings. The summed E-state index contributed by atoms with van der Waals surface area (Å²) in [7, 11) is 1.78. The lowest BCUT2D eigenvalue weighted by Crippen LogP contribution is -2.24. The van der Waals surface area contributed by atoms with Gasteiger partial charge in [0, 0.05) is 18.3 Å². The maximum absolute atomic E-state index is 12.0. The minimum atomic E-state index is -0.174. The molecule has 2 rings (SSSR count). The summed E-state index contributed by atoms with van der Waals surface area (Å²) in [6.07, 6.45) is 1.59. The zero-order valence-corrected chi connectivity index (χ0v) is 10.3. The summed E-state index contributed by atoms with van der Waals surface area (Å²) in [4.78, 5) is 16.0. The summed E-state index contributed by atoms with van der Waals surface area (Å²) in [6.45, 7) is 2.12. The van der Waals surface area contributed by atoms with E-state index in [1.807, 2.05) is 6.92 Å². The van der Waals surface area contributed by atoms with Crippen molar-refractivity contribution in [2.24, 2.45) is 7.05 Å². The van der Waals surface area contributed by atoms with Gasteiger partial charge in [-0.1, -0.05) is 6.07 Å². The number of carbonyl (C=O) groups is 1. The number of rotatable bonds is 3.